The molecule has 0 spiro atoms. The Labute approximate surface area is 126 Å². The predicted octanol–water partition coefficient (Wildman–Crippen LogP) is 3.79. The fourth-order valence-electron chi connectivity index (χ4n) is 2.21. The van der Waals surface area contributed by atoms with Crippen LogP contribution in [-0.2, 0) is 17.7 Å². The number of methoxy groups -OCH3 is 1. The highest BCUT2D eigenvalue weighted by atomic mass is 19.1. The Morgan fingerprint density at radius 3 is 2.38 bits per heavy atom. The van der Waals surface area contributed by atoms with Crippen LogP contribution in [0.15, 0.2) is 42.5 Å². The quantitative estimate of drug-likeness (QED) is 0.836. The number of hydrogen-bond donors (Lipinski definition) is 1. The zero-order valence-corrected chi connectivity index (χ0v) is 12.7. The van der Waals surface area contributed by atoms with E-state index in [-0.39, 0.29) is 5.82 Å². The molecule has 0 saturated heterocycles. The van der Waals surface area contributed by atoms with E-state index in [2.05, 4.69) is 17.4 Å². The number of benzene rings is 2. The molecule has 0 fully saturated rings. The summed E-state index contributed by atoms with van der Waals surface area (Å²) in [7, 11) is 1.70. The molecule has 0 atom stereocenters. The number of hydrogen-bond acceptors (Lipinski definition) is 2. The zero-order valence-electron chi connectivity index (χ0n) is 12.7. The van der Waals surface area contributed by atoms with Crippen molar-refractivity contribution < 1.29 is 9.13 Å². The van der Waals surface area contributed by atoms with Gasteiger partial charge in [-0.1, -0.05) is 43.3 Å². The highest BCUT2D eigenvalue weighted by molar-refractivity contribution is 5.64. The van der Waals surface area contributed by atoms with Gasteiger partial charge in [0.1, 0.15) is 5.82 Å². The SMILES string of the molecule is CCNCc1ccc(-c2ccc(CCOC)cc2)cc1F. The van der Waals surface area contributed by atoms with Crippen molar-refractivity contribution in [3.8, 4) is 11.1 Å². The van der Waals surface area contributed by atoms with Gasteiger partial charge in [0.2, 0.25) is 0 Å². The van der Waals surface area contributed by atoms with Crippen molar-refractivity contribution in [2.75, 3.05) is 20.3 Å². The Morgan fingerprint density at radius 2 is 1.76 bits per heavy atom. The summed E-state index contributed by atoms with van der Waals surface area (Å²) in [6.45, 7) is 4.13. The third kappa shape index (κ3) is 4.38. The molecule has 0 bridgehead atoms. The summed E-state index contributed by atoms with van der Waals surface area (Å²) in [6, 6.07) is 13.6. The lowest BCUT2D eigenvalue weighted by Crippen LogP contribution is -2.12. The van der Waals surface area contributed by atoms with Gasteiger partial charge >= 0.3 is 0 Å². The Hall–Kier alpha value is -1.71. The summed E-state index contributed by atoms with van der Waals surface area (Å²) in [5, 5.41) is 3.14. The smallest absolute Gasteiger partial charge is 0.128 e. The van der Waals surface area contributed by atoms with Crippen molar-refractivity contribution in [1.29, 1.82) is 0 Å². The lowest BCUT2D eigenvalue weighted by atomic mass is 10.0. The van der Waals surface area contributed by atoms with Crippen molar-refractivity contribution in [3.05, 3.63) is 59.4 Å². The highest BCUT2D eigenvalue weighted by Crippen LogP contribution is 2.22. The first-order valence-electron chi connectivity index (χ1n) is 7.32. The van der Waals surface area contributed by atoms with Crippen LogP contribution in [0.3, 0.4) is 0 Å². The number of nitrogens with one attached hydrogen (secondary N) is 1. The fourth-order valence-corrected chi connectivity index (χ4v) is 2.21. The van der Waals surface area contributed by atoms with Crippen LogP contribution in [-0.4, -0.2) is 20.3 Å². The van der Waals surface area contributed by atoms with Crippen molar-refractivity contribution in [3.63, 3.8) is 0 Å². The summed E-state index contributed by atoms with van der Waals surface area (Å²) in [5.41, 5.74) is 3.87. The van der Waals surface area contributed by atoms with Gasteiger partial charge in [-0.15, -0.1) is 0 Å². The van der Waals surface area contributed by atoms with Gasteiger partial charge < -0.3 is 10.1 Å². The molecule has 2 aromatic rings. The van der Waals surface area contributed by atoms with E-state index in [1.165, 1.54) is 5.56 Å². The molecule has 0 aliphatic carbocycles. The van der Waals surface area contributed by atoms with E-state index in [0.29, 0.717) is 18.7 Å². The monoisotopic (exact) mass is 287 g/mol. The summed E-state index contributed by atoms with van der Waals surface area (Å²) in [5.74, 6) is -0.156. The van der Waals surface area contributed by atoms with Crippen LogP contribution in [0.5, 0.6) is 0 Å². The summed E-state index contributed by atoms with van der Waals surface area (Å²) >= 11 is 0. The third-order valence-corrected chi connectivity index (χ3v) is 3.50. The van der Waals surface area contributed by atoms with Crippen molar-refractivity contribution in [1.82, 2.24) is 5.32 Å². The minimum absolute atomic E-state index is 0.156. The van der Waals surface area contributed by atoms with E-state index in [9.17, 15) is 4.39 Å². The molecule has 112 valence electrons. The van der Waals surface area contributed by atoms with Crippen LogP contribution in [0.25, 0.3) is 11.1 Å². The van der Waals surface area contributed by atoms with Gasteiger partial charge in [-0.3, -0.25) is 0 Å². The van der Waals surface area contributed by atoms with E-state index in [1.54, 1.807) is 13.2 Å². The standard InChI is InChI=1S/C18H22FNO/c1-3-20-13-17-9-8-16(12-18(17)19)15-6-4-14(5-7-15)10-11-21-2/h4-9,12,20H,3,10-11,13H2,1-2H3. The second-order valence-corrected chi connectivity index (χ2v) is 5.03. The minimum atomic E-state index is -0.156. The topological polar surface area (TPSA) is 21.3 Å². The van der Waals surface area contributed by atoms with E-state index >= 15 is 0 Å². The zero-order chi connectivity index (χ0) is 15.1. The first kappa shape index (κ1) is 15.7. The largest absolute Gasteiger partial charge is 0.384 e. The van der Waals surface area contributed by atoms with Crippen LogP contribution < -0.4 is 5.32 Å². The molecule has 1 N–H and O–H groups in total. The molecule has 0 aliphatic heterocycles. The molecule has 2 nitrogen and oxygen atoms in total. The lowest BCUT2D eigenvalue weighted by molar-refractivity contribution is 0.202. The Balaban J connectivity index is 2.12. The summed E-state index contributed by atoms with van der Waals surface area (Å²) in [6.07, 6.45) is 0.896. The van der Waals surface area contributed by atoms with Crippen LogP contribution >= 0.6 is 0 Å². The van der Waals surface area contributed by atoms with E-state index in [0.717, 1.165) is 24.1 Å². The maximum atomic E-state index is 14.0. The van der Waals surface area contributed by atoms with Crippen LogP contribution in [0.1, 0.15) is 18.1 Å². The number of halogens is 1. The summed E-state index contributed by atoms with van der Waals surface area (Å²) < 4.78 is 19.1. The van der Waals surface area contributed by atoms with Gasteiger partial charge in [0.25, 0.3) is 0 Å². The van der Waals surface area contributed by atoms with Gasteiger partial charge in [-0.2, -0.15) is 0 Å². The third-order valence-electron chi connectivity index (χ3n) is 3.50. The molecule has 2 aromatic carbocycles. The molecular formula is C18H22FNO. The molecule has 0 aromatic heterocycles. The van der Waals surface area contributed by atoms with E-state index < -0.39 is 0 Å². The lowest BCUT2D eigenvalue weighted by Gasteiger charge is -2.08. The molecule has 0 radical (unpaired) electrons. The van der Waals surface area contributed by atoms with Gasteiger partial charge in [-0.05, 0) is 35.7 Å². The van der Waals surface area contributed by atoms with Crippen molar-refractivity contribution in [2.24, 2.45) is 0 Å². The number of rotatable bonds is 7. The molecule has 0 heterocycles. The Bertz CT molecular complexity index is 566. The van der Waals surface area contributed by atoms with Crippen LogP contribution in [0.2, 0.25) is 0 Å². The van der Waals surface area contributed by atoms with Crippen molar-refractivity contribution in [2.45, 2.75) is 19.9 Å². The normalized spacial score (nSPS) is 10.8. The van der Waals surface area contributed by atoms with Crippen molar-refractivity contribution >= 4 is 0 Å². The maximum Gasteiger partial charge on any atom is 0.128 e. The average molecular weight is 287 g/mol. The first-order valence-corrected chi connectivity index (χ1v) is 7.32. The maximum absolute atomic E-state index is 14.0. The second kappa shape index (κ2) is 7.91. The second-order valence-electron chi connectivity index (χ2n) is 5.03. The molecule has 0 unspecified atom stereocenters. The van der Waals surface area contributed by atoms with E-state index in [1.807, 2.05) is 31.2 Å². The van der Waals surface area contributed by atoms with Gasteiger partial charge in [0.15, 0.2) is 0 Å². The minimum Gasteiger partial charge on any atom is -0.384 e. The Morgan fingerprint density at radius 1 is 1.05 bits per heavy atom. The molecule has 21 heavy (non-hydrogen) atoms. The molecule has 0 saturated carbocycles. The molecule has 3 heteroatoms. The average Bonchev–Trinajstić information content (AvgIpc) is 2.52. The summed E-state index contributed by atoms with van der Waals surface area (Å²) in [4.78, 5) is 0. The van der Waals surface area contributed by atoms with Crippen LogP contribution in [0, 0.1) is 5.82 Å². The molecular weight excluding hydrogens is 265 g/mol. The fraction of sp³-hybridized carbons (Fsp3) is 0.333. The predicted molar refractivity (Wildman–Crippen MR) is 84.8 cm³/mol. The number of ether oxygens (including phenoxy) is 1. The van der Waals surface area contributed by atoms with Gasteiger partial charge in [0.05, 0.1) is 6.61 Å². The van der Waals surface area contributed by atoms with Crippen LogP contribution in [0.4, 0.5) is 4.39 Å². The molecule has 0 amide bonds. The van der Waals surface area contributed by atoms with Gasteiger partial charge in [-0.25, -0.2) is 4.39 Å². The molecule has 2 rings (SSSR count). The van der Waals surface area contributed by atoms with E-state index in [4.69, 9.17) is 4.74 Å². The van der Waals surface area contributed by atoms with Gasteiger partial charge in [0, 0.05) is 19.2 Å². The first-order chi connectivity index (χ1) is 10.2. The molecule has 0 aliphatic rings. The highest BCUT2D eigenvalue weighted by Gasteiger charge is 2.05. The Kier molecular flexibility index (Phi) is 5.90.